The van der Waals surface area contributed by atoms with Crippen LogP contribution in [-0.2, 0) is 32.7 Å². The first-order valence-corrected chi connectivity index (χ1v) is 12.8. The zero-order valence-corrected chi connectivity index (χ0v) is 21.2. The van der Waals surface area contributed by atoms with Crippen LogP contribution in [0.1, 0.15) is 43.8 Å². The van der Waals surface area contributed by atoms with E-state index in [2.05, 4.69) is 15.5 Å². The minimum Gasteiger partial charge on any atom is -0.394 e. The summed E-state index contributed by atoms with van der Waals surface area (Å²) in [4.78, 5) is 14.6. The fourth-order valence-corrected chi connectivity index (χ4v) is 5.56. The van der Waals surface area contributed by atoms with Crippen LogP contribution in [0.5, 0.6) is 0 Å². The fraction of sp³-hybridized carbons (Fsp3) is 0.714. The van der Waals surface area contributed by atoms with E-state index < -0.39 is 16.1 Å². The maximum Gasteiger partial charge on any atom is 0.248 e. The van der Waals surface area contributed by atoms with Gasteiger partial charge >= 0.3 is 0 Å². The lowest BCUT2D eigenvalue weighted by atomic mass is 10.0. The Balaban J connectivity index is 1.89. The molecule has 1 N–H and O–H groups in total. The average molecular weight is 499 g/mol. The van der Waals surface area contributed by atoms with E-state index in [-0.39, 0.29) is 48.3 Å². The standard InChI is InChI=1S/C21H34N6O6S/c1-14-10-26(15(2)12-28)20(29)7-6-8-27-18(9-22-24-27)13-32-19(14)11-25(5)34(30,31)21-16(3)23-33-17(21)4/h9,14-15,19,28H,6-8,10-13H2,1-5H3/t14-,15-,19-/m1/s1. The van der Waals surface area contributed by atoms with Gasteiger partial charge in [-0.2, -0.15) is 4.31 Å². The summed E-state index contributed by atoms with van der Waals surface area (Å²) in [7, 11) is -2.39. The number of hydrogen-bond donors (Lipinski definition) is 1. The van der Waals surface area contributed by atoms with E-state index in [0.29, 0.717) is 31.6 Å². The number of nitrogens with zero attached hydrogens (tertiary/aromatic N) is 6. The van der Waals surface area contributed by atoms with E-state index in [4.69, 9.17) is 9.26 Å². The number of likely N-dealkylation sites (N-methyl/N-ethyl adjacent to an activating group) is 1. The number of ether oxygens (including phenoxy) is 1. The Morgan fingerprint density at radius 1 is 1.35 bits per heavy atom. The molecule has 1 aliphatic heterocycles. The van der Waals surface area contributed by atoms with Crippen molar-refractivity contribution < 1.29 is 27.6 Å². The molecular weight excluding hydrogens is 464 g/mol. The van der Waals surface area contributed by atoms with Crippen LogP contribution in [0.2, 0.25) is 0 Å². The van der Waals surface area contributed by atoms with Gasteiger partial charge in [0.25, 0.3) is 0 Å². The molecule has 0 radical (unpaired) electrons. The fourth-order valence-electron chi connectivity index (χ4n) is 4.10. The quantitative estimate of drug-likeness (QED) is 0.609. The first-order chi connectivity index (χ1) is 16.1. The number of hydrogen-bond acceptors (Lipinski definition) is 9. The van der Waals surface area contributed by atoms with Crippen LogP contribution in [0.4, 0.5) is 0 Å². The molecule has 0 bridgehead atoms. The summed E-state index contributed by atoms with van der Waals surface area (Å²) in [6.07, 6.45) is 1.95. The number of rotatable bonds is 6. The zero-order chi connectivity index (χ0) is 25.0. The Bertz CT molecular complexity index is 1060. The van der Waals surface area contributed by atoms with Gasteiger partial charge in [0.2, 0.25) is 15.9 Å². The van der Waals surface area contributed by atoms with Crippen molar-refractivity contribution in [1.82, 2.24) is 29.4 Å². The van der Waals surface area contributed by atoms with Crippen LogP contribution in [0.25, 0.3) is 0 Å². The van der Waals surface area contributed by atoms with Gasteiger partial charge in [-0.3, -0.25) is 4.79 Å². The van der Waals surface area contributed by atoms with E-state index in [9.17, 15) is 18.3 Å². The summed E-state index contributed by atoms with van der Waals surface area (Å²) in [5.41, 5.74) is 1.04. The van der Waals surface area contributed by atoms with Crippen LogP contribution >= 0.6 is 0 Å². The van der Waals surface area contributed by atoms with Crippen molar-refractivity contribution in [2.45, 2.75) is 70.7 Å². The highest BCUT2D eigenvalue weighted by atomic mass is 32.2. The van der Waals surface area contributed by atoms with Crippen molar-refractivity contribution in [1.29, 1.82) is 0 Å². The molecule has 13 heteroatoms. The lowest BCUT2D eigenvalue weighted by Crippen LogP contribution is -2.48. The molecule has 0 unspecified atom stereocenters. The van der Waals surface area contributed by atoms with Gasteiger partial charge in [0.15, 0.2) is 5.76 Å². The van der Waals surface area contributed by atoms with Crippen LogP contribution < -0.4 is 0 Å². The normalized spacial score (nSPS) is 21.7. The number of fused-ring (bicyclic) bond motifs is 1. The third kappa shape index (κ3) is 5.65. The molecule has 0 spiro atoms. The number of carbonyl (C=O) groups is 1. The third-order valence-corrected chi connectivity index (χ3v) is 8.28. The topological polar surface area (TPSA) is 144 Å². The summed E-state index contributed by atoms with van der Waals surface area (Å²) in [5.74, 6) is -0.0874. The molecule has 2 aromatic heterocycles. The lowest BCUT2D eigenvalue weighted by Gasteiger charge is -2.35. The van der Waals surface area contributed by atoms with Gasteiger partial charge in [-0.25, -0.2) is 13.1 Å². The maximum atomic E-state index is 13.3. The Morgan fingerprint density at radius 3 is 2.74 bits per heavy atom. The van der Waals surface area contributed by atoms with Crippen molar-refractivity contribution in [3.63, 3.8) is 0 Å². The van der Waals surface area contributed by atoms with Crippen molar-refractivity contribution in [3.8, 4) is 0 Å². The van der Waals surface area contributed by atoms with Gasteiger partial charge in [-0.05, 0) is 27.2 Å². The molecule has 0 saturated carbocycles. The van der Waals surface area contributed by atoms with Crippen LogP contribution in [-0.4, -0.2) is 87.7 Å². The smallest absolute Gasteiger partial charge is 0.248 e. The summed E-state index contributed by atoms with van der Waals surface area (Å²) >= 11 is 0. The van der Waals surface area contributed by atoms with Gasteiger partial charge < -0.3 is 19.3 Å². The van der Waals surface area contributed by atoms with Gasteiger partial charge in [0, 0.05) is 39.0 Å². The van der Waals surface area contributed by atoms with E-state index in [1.165, 1.54) is 11.4 Å². The molecule has 2 aromatic rings. The van der Waals surface area contributed by atoms with Gasteiger partial charge in [-0.1, -0.05) is 17.3 Å². The number of sulfonamides is 1. The molecule has 34 heavy (non-hydrogen) atoms. The average Bonchev–Trinajstić information content (AvgIpc) is 3.38. The van der Waals surface area contributed by atoms with Crippen molar-refractivity contribution >= 4 is 15.9 Å². The van der Waals surface area contributed by atoms with E-state index >= 15 is 0 Å². The summed E-state index contributed by atoms with van der Waals surface area (Å²) < 4.78 is 40.7. The molecule has 0 aliphatic carbocycles. The second kappa shape index (κ2) is 10.9. The molecular formula is C21H34N6O6S. The second-order valence-corrected chi connectivity index (χ2v) is 10.9. The van der Waals surface area contributed by atoms with Crippen molar-refractivity contribution in [2.24, 2.45) is 5.92 Å². The Hall–Kier alpha value is -2.35. The molecule has 3 heterocycles. The van der Waals surface area contributed by atoms with Gasteiger partial charge in [0.1, 0.15) is 10.6 Å². The minimum absolute atomic E-state index is 0.0452. The summed E-state index contributed by atoms with van der Waals surface area (Å²) in [6, 6.07) is -0.371. The lowest BCUT2D eigenvalue weighted by molar-refractivity contribution is -0.136. The zero-order valence-electron chi connectivity index (χ0n) is 20.3. The molecule has 0 saturated heterocycles. The van der Waals surface area contributed by atoms with E-state index in [1.54, 1.807) is 36.5 Å². The third-order valence-electron chi connectivity index (χ3n) is 6.21. The number of carbonyl (C=O) groups excluding carboxylic acids is 1. The van der Waals surface area contributed by atoms with Crippen molar-refractivity contribution in [2.75, 3.05) is 26.7 Å². The number of amides is 1. The summed E-state index contributed by atoms with van der Waals surface area (Å²) in [6.45, 7) is 7.74. The Morgan fingerprint density at radius 2 is 2.09 bits per heavy atom. The Kier molecular flexibility index (Phi) is 8.44. The van der Waals surface area contributed by atoms with E-state index in [0.717, 1.165) is 5.69 Å². The predicted molar refractivity (Wildman–Crippen MR) is 121 cm³/mol. The van der Waals surface area contributed by atoms with Crippen LogP contribution in [0.15, 0.2) is 15.6 Å². The number of aromatic nitrogens is 4. The molecule has 0 aromatic carbocycles. The predicted octanol–water partition coefficient (Wildman–Crippen LogP) is 0.728. The maximum absolute atomic E-state index is 13.3. The SMILES string of the molecule is Cc1noc(C)c1S(=O)(=O)N(C)C[C@H]1OCc2cnnn2CCCC(=O)N([C@H](C)CO)C[C@H]1C. The highest BCUT2D eigenvalue weighted by Gasteiger charge is 2.33. The monoisotopic (exact) mass is 498 g/mol. The van der Waals surface area contributed by atoms with Gasteiger partial charge in [0.05, 0.1) is 37.3 Å². The largest absolute Gasteiger partial charge is 0.394 e. The second-order valence-electron chi connectivity index (χ2n) is 8.90. The Labute approximate surface area is 199 Å². The summed E-state index contributed by atoms with van der Waals surface area (Å²) in [5, 5.41) is 21.5. The molecule has 12 nitrogen and oxygen atoms in total. The van der Waals surface area contributed by atoms with E-state index in [1.807, 2.05) is 6.92 Å². The van der Waals surface area contributed by atoms with Crippen molar-refractivity contribution in [3.05, 3.63) is 23.3 Å². The number of aliphatic hydroxyl groups is 1. The minimum atomic E-state index is -3.88. The molecule has 3 atom stereocenters. The van der Waals surface area contributed by atoms with Crippen LogP contribution in [0, 0.1) is 19.8 Å². The molecule has 0 fully saturated rings. The van der Waals surface area contributed by atoms with Gasteiger partial charge in [-0.15, -0.1) is 5.10 Å². The molecule has 190 valence electrons. The number of aliphatic hydroxyl groups excluding tert-OH is 1. The first kappa shape index (κ1) is 26.3. The highest BCUT2D eigenvalue weighted by Crippen LogP contribution is 2.24. The first-order valence-electron chi connectivity index (χ1n) is 11.3. The highest BCUT2D eigenvalue weighted by molar-refractivity contribution is 7.89. The number of aryl methyl sites for hydroxylation is 3. The molecule has 3 rings (SSSR count). The van der Waals surface area contributed by atoms with Crippen LogP contribution in [0.3, 0.4) is 0 Å². The molecule has 1 amide bonds. The molecule has 1 aliphatic rings.